The van der Waals surface area contributed by atoms with Crippen LogP contribution >= 0.6 is 0 Å². The highest BCUT2D eigenvalue weighted by atomic mass is 32.1. The van der Waals surface area contributed by atoms with E-state index in [1.165, 1.54) is 6.07 Å². The lowest BCUT2D eigenvalue weighted by molar-refractivity contribution is 0.0699. The van der Waals surface area contributed by atoms with Crippen LogP contribution in [0.5, 0.6) is 5.75 Å². The molecule has 16 heavy (non-hydrogen) atoms. The molecule has 2 N–H and O–H groups in total. The van der Waals surface area contributed by atoms with Crippen LogP contribution < -0.4 is 0 Å². The van der Waals surface area contributed by atoms with Crippen molar-refractivity contribution in [3.63, 3.8) is 0 Å². The van der Waals surface area contributed by atoms with E-state index < -0.39 is 5.97 Å². The van der Waals surface area contributed by atoms with Gasteiger partial charge in [-0.2, -0.15) is 0 Å². The first-order valence-corrected chi connectivity index (χ1v) is 5.17. The van der Waals surface area contributed by atoms with Gasteiger partial charge in [0, 0.05) is 21.0 Å². The quantitative estimate of drug-likeness (QED) is 0.781. The molecular weight excluding hydrogens is 228 g/mol. The van der Waals surface area contributed by atoms with E-state index in [1.54, 1.807) is 24.3 Å². The number of phenolic OH excluding ortho intramolecular Hbond substituents is 1. The first kappa shape index (κ1) is 10.5. The lowest BCUT2D eigenvalue weighted by atomic mass is 10.0. The Hall–Kier alpha value is -2.01. The van der Waals surface area contributed by atoms with Crippen molar-refractivity contribution in [3.05, 3.63) is 35.9 Å². The third kappa shape index (κ3) is 1.51. The maximum absolute atomic E-state index is 11.0. The molecule has 0 aliphatic carbocycles. The zero-order valence-corrected chi connectivity index (χ0v) is 8.82. The van der Waals surface area contributed by atoms with Crippen LogP contribution in [-0.2, 0) is 15.9 Å². The second-order valence-corrected chi connectivity index (χ2v) is 3.81. The second kappa shape index (κ2) is 3.86. The minimum absolute atomic E-state index is 0.0201. The summed E-state index contributed by atoms with van der Waals surface area (Å²) in [4.78, 5) is 11.0. The number of phenols is 1. The highest BCUT2D eigenvalue weighted by Gasteiger charge is 2.22. The average molecular weight is 235 g/mol. The molecule has 5 heteroatoms. The van der Waals surface area contributed by atoms with Gasteiger partial charge in [-0.25, -0.2) is 4.79 Å². The molecule has 0 spiro atoms. The minimum atomic E-state index is -1.12. The molecule has 2 rings (SSSR count). The smallest absolute Gasteiger partial charge is 0.502 e. The molecule has 0 amide bonds. The van der Waals surface area contributed by atoms with Gasteiger partial charge in [0.15, 0.2) is 5.75 Å². The molecule has 80 valence electrons. The molecule has 0 radical (unpaired) electrons. The fourth-order valence-corrected chi connectivity index (χ4v) is 1.93. The van der Waals surface area contributed by atoms with Crippen LogP contribution in [0.3, 0.4) is 0 Å². The van der Waals surface area contributed by atoms with Crippen molar-refractivity contribution >= 4 is 28.4 Å². The Kier molecular flexibility index (Phi) is 2.54. The van der Waals surface area contributed by atoms with Gasteiger partial charge in [0.2, 0.25) is 0 Å². The van der Waals surface area contributed by atoms with Crippen molar-refractivity contribution in [1.82, 2.24) is 0 Å². The van der Waals surface area contributed by atoms with Crippen molar-refractivity contribution in [2.24, 2.45) is 0 Å². The van der Waals surface area contributed by atoms with Gasteiger partial charge in [0.05, 0.1) is 5.56 Å². The van der Waals surface area contributed by atoms with E-state index in [1.807, 2.05) is 0 Å². The van der Waals surface area contributed by atoms with Gasteiger partial charge in [0.25, 0.3) is 0 Å². The van der Waals surface area contributed by atoms with E-state index in [0.717, 1.165) is 0 Å². The highest BCUT2D eigenvalue weighted by Crippen LogP contribution is 2.31. The van der Waals surface area contributed by atoms with Gasteiger partial charge in [-0.05, 0) is 0 Å². The summed E-state index contributed by atoms with van der Waals surface area (Å²) in [5, 5.41) is 19.5. The summed E-state index contributed by atoms with van der Waals surface area (Å²) >= 11 is 0.0785. The molecule has 0 saturated carbocycles. The van der Waals surface area contributed by atoms with E-state index in [4.69, 9.17) is 5.11 Å². The first-order chi connectivity index (χ1) is 7.65. The molecule has 0 fully saturated rings. The molecule has 0 atom stereocenters. The number of rotatable bonds is 2. The zero-order valence-electron chi connectivity index (χ0n) is 8.01. The standard InChI is InChI=1S/C11H6O4S/c12-10-7-4-2-1-3-6(7)8(11(13)14)5-9(10)16-15/h1-5H,(H-,12,13,14,15)/p+1. The Balaban J connectivity index is 2.95. The van der Waals surface area contributed by atoms with Crippen LogP contribution in [0.1, 0.15) is 10.4 Å². The predicted octanol–water partition coefficient (Wildman–Crippen LogP) is 2.03. The number of carbonyl (C=O) groups is 1. The number of benzene rings is 2. The van der Waals surface area contributed by atoms with E-state index in [0.29, 0.717) is 10.8 Å². The Bertz CT molecular complexity index is 592. The predicted molar refractivity (Wildman–Crippen MR) is 58.9 cm³/mol. The summed E-state index contributed by atoms with van der Waals surface area (Å²) < 4.78 is 10.7. The largest absolute Gasteiger partial charge is 0.509 e. The molecule has 2 aromatic rings. The number of hydrogen-bond donors (Lipinski definition) is 2. The summed E-state index contributed by atoms with van der Waals surface area (Å²) in [6.45, 7) is 0. The summed E-state index contributed by atoms with van der Waals surface area (Å²) in [6, 6.07) is 7.72. The molecule has 2 aromatic carbocycles. The maximum Gasteiger partial charge on any atom is 0.509 e. The van der Waals surface area contributed by atoms with Crippen LogP contribution in [0.2, 0.25) is 0 Å². The molecule has 0 unspecified atom stereocenters. The van der Waals surface area contributed by atoms with Crippen molar-refractivity contribution in [1.29, 1.82) is 0 Å². The molecule has 0 aromatic heterocycles. The van der Waals surface area contributed by atoms with Crippen LogP contribution in [-0.4, -0.2) is 16.2 Å². The molecule has 0 bridgehead atoms. The Morgan fingerprint density at radius 3 is 2.38 bits per heavy atom. The molecule has 4 nitrogen and oxygen atoms in total. The molecule has 0 saturated heterocycles. The number of fused-ring (bicyclic) bond motifs is 1. The van der Waals surface area contributed by atoms with Crippen molar-refractivity contribution in [2.75, 3.05) is 0 Å². The second-order valence-electron chi connectivity index (χ2n) is 3.20. The molecule has 0 aliphatic rings. The van der Waals surface area contributed by atoms with E-state index in [-0.39, 0.29) is 27.9 Å². The van der Waals surface area contributed by atoms with Crippen molar-refractivity contribution < 1.29 is 19.2 Å². The number of hydrogen-bond acceptors (Lipinski definition) is 3. The van der Waals surface area contributed by atoms with E-state index >= 15 is 0 Å². The third-order valence-electron chi connectivity index (χ3n) is 2.30. The average Bonchev–Trinajstić information content (AvgIpc) is 2.29. The molecule has 0 heterocycles. The minimum Gasteiger partial charge on any atom is -0.502 e. The summed E-state index contributed by atoms with van der Waals surface area (Å²) in [6.07, 6.45) is 0. The maximum atomic E-state index is 11.0. The Morgan fingerprint density at radius 1 is 1.19 bits per heavy atom. The Morgan fingerprint density at radius 2 is 1.81 bits per heavy atom. The summed E-state index contributed by atoms with van der Waals surface area (Å²) in [7, 11) is 0. The third-order valence-corrected chi connectivity index (χ3v) is 2.79. The summed E-state index contributed by atoms with van der Waals surface area (Å²) in [5.74, 6) is -1.29. The number of carboxylic acids is 1. The van der Waals surface area contributed by atoms with Crippen LogP contribution in [0.4, 0.5) is 0 Å². The van der Waals surface area contributed by atoms with Gasteiger partial charge in [0.1, 0.15) is 0 Å². The molecular formula is C11H7O4S+. The lowest BCUT2D eigenvalue weighted by Gasteiger charge is -2.02. The SMILES string of the molecule is O=[S+]c1cc(C(=O)O)c2ccccc2c1O. The normalized spacial score (nSPS) is 10.2. The van der Waals surface area contributed by atoms with Crippen molar-refractivity contribution in [3.8, 4) is 5.75 Å². The molecule has 0 aliphatic heterocycles. The topological polar surface area (TPSA) is 74.6 Å². The zero-order chi connectivity index (χ0) is 11.7. The summed E-state index contributed by atoms with van der Waals surface area (Å²) in [5.41, 5.74) is 0.0201. The number of aromatic carboxylic acids is 1. The first-order valence-electron chi connectivity index (χ1n) is 4.43. The van der Waals surface area contributed by atoms with Crippen LogP contribution in [0.25, 0.3) is 10.8 Å². The lowest BCUT2D eigenvalue weighted by Crippen LogP contribution is -1.98. The van der Waals surface area contributed by atoms with E-state index in [9.17, 15) is 14.1 Å². The van der Waals surface area contributed by atoms with E-state index in [2.05, 4.69) is 0 Å². The van der Waals surface area contributed by atoms with Crippen LogP contribution in [0, 0.1) is 0 Å². The van der Waals surface area contributed by atoms with Crippen molar-refractivity contribution in [2.45, 2.75) is 4.90 Å². The fraction of sp³-hybridized carbons (Fsp3) is 0. The van der Waals surface area contributed by atoms with Gasteiger partial charge < -0.3 is 10.2 Å². The fourth-order valence-electron chi connectivity index (χ4n) is 1.57. The van der Waals surface area contributed by atoms with Crippen LogP contribution in [0.15, 0.2) is 35.2 Å². The van der Waals surface area contributed by atoms with Gasteiger partial charge in [-0.15, -0.1) is 0 Å². The van der Waals surface area contributed by atoms with Gasteiger partial charge in [-0.3, -0.25) is 0 Å². The number of aromatic hydroxyl groups is 1. The highest BCUT2D eigenvalue weighted by molar-refractivity contribution is 7.65. The number of carboxylic acid groups (broad SMARTS) is 1. The van der Waals surface area contributed by atoms with Gasteiger partial charge >= 0.3 is 22.5 Å². The Labute approximate surface area is 94.6 Å². The van der Waals surface area contributed by atoms with Gasteiger partial charge in [-0.1, -0.05) is 24.3 Å². The monoisotopic (exact) mass is 235 g/mol.